The van der Waals surface area contributed by atoms with E-state index < -0.39 is 0 Å². The maximum absolute atomic E-state index is 11.7. The first-order chi connectivity index (χ1) is 15.1. The molecule has 0 spiro atoms. The van der Waals surface area contributed by atoms with E-state index in [-0.39, 0.29) is 5.91 Å². The fourth-order valence-electron chi connectivity index (χ4n) is 5.53. The van der Waals surface area contributed by atoms with Crippen LogP contribution in [0.3, 0.4) is 0 Å². The van der Waals surface area contributed by atoms with Gasteiger partial charge in [0.15, 0.2) is 0 Å². The van der Waals surface area contributed by atoms with Crippen molar-refractivity contribution in [3.8, 4) is 0 Å². The Morgan fingerprint density at radius 3 is 2.71 bits per heavy atom. The maximum Gasteiger partial charge on any atom is 0.252 e. The molecule has 1 aromatic carbocycles. The molecule has 2 unspecified atom stereocenters. The molecule has 6 nitrogen and oxygen atoms in total. The molecule has 3 aliphatic rings. The van der Waals surface area contributed by atoms with Gasteiger partial charge in [-0.15, -0.1) is 0 Å². The molecule has 1 N–H and O–H groups in total. The van der Waals surface area contributed by atoms with Gasteiger partial charge in [-0.2, -0.15) is 0 Å². The Labute approximate surface area is 185 Å². The van der Waals surface area contributed by atoms with Gasteiger partial charge in [0.1, 0.15) is 5.82 Å². The molecule has 0 aliphatic carbocycles. The lowest BCUT2D eigenvalue weighted by molar-refractivity contribution is 0.0962. The van der Waals surface area contributed by atoms with E-state index >= 15 is 0 Å². The predicted molar refractivity (Wildman–Crippen MR) is 125 cm³/mol. The maximum atomic E-state index is 11.7. The van der Waals surface area contributed by atoms with Gasteiger partial charge in [-0.1, -0.05) is 6.07 Å². The number of amides is 1. The number of nitrogens with zero attached hydrogens (tertiary/aromatic N) is 4. The summed E-state index contributed by atoms with van der Waals surface area (Å²) in [5.74, 6) is 0.836. The topological polar surface area (TPSA) is 51.7 Å². The zero-order valence-corrected chi connectivity index (χ0v) is 18.7. The quantitative estimate of drug-likeness (QED) is 0.826. The Hall–Kier alpha value is -2.60. The van der Waals surface area contributed by atoms with Gasteiger partial charge in [0.2, 0.25) is 0 Å². The monoisotopic (exact) mass is 419 g/mol. The Bertz CT molecular complexity index is 943. The van der Waals surface area contributed by atoms with Crippen molar-refractivity contribution in [2.75, 3.05) is 43.0 Å². The number of aromatic nitrogens is 1. The molecular formula is C25H33N5O. The number of carbonyl (C=O) groups excluding carboxylic acids is 1. The van der Waals surface area contributed by atoms with E-state index in [1.54, 1.807) is 13.2 Å². The smallest absolute Gasteiger partial charge is 0.252 e. The van der Waals surface area contributed by atoms with Crippen molar-refractivity contribution >= 4 is 17.4 Å². The third kappa shape index (κ3) is 4.01. The standard InChI is InChI=1S/C25H33N5O/c1-18-4-3-11-30(18)23-10-13-28(17-23)22-7-5-21-16-29(12-9-19(21)14-22)24-8-6-20(15-27-24)25(31)26-2/h5-8,14-15,18,23H,3-4,9-13,16-17H2,1-2H3,(H,26,31). The van der Waals surface area contributed by atoms with Crippen LogP contribution >= 0.6 is 0 Å². The van der Waals surface area contributed by atoms with Crippen LogP contribution in [0.25, 0.3) is 0 Å². The number of fused-ring (bicyclic) bond motifs is 1. The summed E-state index contributed by atoms with van der Waals surface area (Å²) in [4.78, 5) is 23.9. The van der Waals surface area contributed by atoms with Gasteiger partial charge in [0.05, 0.1) is 5.56 Å². The second-order valence-corrected chi connectivity index (χ2v) is 9.23. The highest BCUT2D eigenvalue weighted by Crippen LogP contribution is 2.31. The molecular weight excluding hydrogens is 386 g/mol. The van der Waals surface area contributed by atoms with Crippen LogP contribution in [0.2, 0.25) is 0 Å². The minimum atomic E-state index is -0.0982. The van der Waals surface area contributed by atoms with Crippen LogP contribution in [0.1, 0.15) is 47.7 Å². The summed E-state index contributed by atoms with van der Waals surface area (Å²) in [6.07, 6.45) is 6.69. The van der Waals surface area contributed by atoms with E-state index in [9.17, 15) is 4.79 Å². The summed E-state index contributed by atoms with van der Waals surface area (Å²) >= 11 is 0. The van der Waals surface area contributed by atoms with Crippen molar-refractivity contribution in [1.29, 1.82) is 0 Å². The number of benzene rings is 1. The van der Waals surface area contributed by atoms with E-state index in [4.69, 9.17) is 0 Å². The molecule has 2 aromatic rings. The molecule has 0 radical (unpaired) electrons. The summed E-state index contributed by atoms with van der Waals surface area (Å²) in [6.45, 7) is 7.82. The number of anilines is 2. The van der Waals surface area contributed by atoms with Crippen LogP contribution in [0.4, 0.5) is 11.5 Å². The molecule has 2 saturated heterocycles. The molecule has 5 rings (SSSR count). The first-order valence-electron chi connectivity index (χ1n) is 11.7. The Kier molecular flexibility index (Phi) is 5.57. The number of hydrogen-bond acceptors (Lipinski definition) is 5. The predicted octanol–water partition coefficient (Wildman–Crippen LogP) is 3.07. The van der Waals surface area contributed by atoms with E-state index in [0.717, 1.165) is 37.9 Å². The highest BCUT2D eigenvalue weighted by atomic mass is 16.1. The third-order valence-electron chi connectivity index (χ3n) is 7.37. The van der Waals surface area contributed by atoms with Gasteiger partial charge in [0.25, 0.3) is 5.91 Å². The lowest BCUT2D eigenvalue weighted by atomic mass is 9.98. The van der Waals surface area contributed by atoms with Gasteiger partial charge in [-0.25, -0.2) is 4.98 Å². The molecule has 6 heteroatoms. The Morgan fingerprint density at radius 2 is 1.97 bits per heavy atom. The van der Waals surface area contributed by atoms with Crippen LogP contribution in [0, 0.1) is 0 Å². The fraction of sp³-hybridized carbons (Fsp3) is 0.520. The highest BCUT2D eigenvalue weighted by molar-refractivity contribution is 5.93. The van der Waals surface area contributed by atoms with Gasteiger partial charge < -0.3 is 15.1 Å². The molecule has 164 valence electrons. The molecule has 3 aliphatic heterocycles. The van der Waals surface area contributed by atoms with Crippen molar-refractivity contribution in [2.24, 2.45) is 0 Å². The van der Waals surface area contributed by atoms with Crippen molar-refractivity contribution in [3.63, 3.8) is 0 Å². The first-order valence-corrected chi connectivity index (χ1v) is 11.7. The zero-order valence-electron chi connectivity index (χ0n) is 18.7. The number of likely N-dealkylation sites (tertiary alicyclic amines) is 1. The normalized spacial score (nSPS) is 23.8. The van der Waals surface area contributed by atoms with E-state index in [1.807, 2.05) is 12.1 Å². The van der Waals surface area contributed by atoms with Crippen molar-refractivity contribution < 1.29 is 4.79 Å². The number of nitrogens with one attached hydrogen (secondary N) is 1. The summed E-state index contributed by atoms with van der Waals surface area (Å²) < 4.78 is 0. The summed E-state index contributed by atoms with van der Waals surface area (Å²) in [5.41, 5.74) is 4.83. The number of hydrogen-bond donors (Lipinski definition) is 1. The minimum Gasteiger partial charge on any atom is -0.370 e. The minimum absolute atomic E-state index is 0.0982. The number of rotatable bonds is 4. The van der Waals surface area contributed by atoms with Gasteiger partial charge >= 0.3 is 0 Å². The lowest BCUT2D eigenvalue weighted by Gasteiger charge is -2.31. The number of carbonyl (C=O) groups is 1. The van der Waals surface area contributed by atoms with Gasteiger partial charge in [0, 0.05) is 57.2 Å². The molecule has 1 aromatic heterocycles. The SMILES string of the molecule is CNC(=O)c1ccc(N2CCc3cc(N4CCC(N5CCCC5C)C4)ccc3C2)nc1. The van der Waals surface area contributed by atoms with E-state index in [2.05, 4.69) is 50.1 Å². The molecule has 2 fully saturated rings. The van der Waals surface area contributed by atoms with Crippen LogP contribution in [-0.2, 0) is 13.0 Å². The largest absolute Gasteiger partial charge is 0.370 e. The van der Waals surface area contributed by atoms with Gasteiger partial charge in [-0.3, -0.25) is 9.69 Å². The molecule has 31 heavy (non-hydrogen) atoms. The molecule has 4 heterocycles. The van der Waals surface area contributed by atoms with Gasteiger partial charge in [-0.05, 0) is 74.5 Å². The summed E-state index contributed by atoms with van der Waals surface area (Å²) in [7, 11) is 1.64. The van der Waals surface area contributed by atoms with Crippen LogP contribution in [-0.4, -0.2) is 61.1 Å². The Balaban J connectivity index is 1.25. The van der Waals surface area contributed by atoms with E-state index in [1.165, 1.54) is 49.2 Å². The second kappa shape index (κ2) is 8.50. The van der Waals surface area contributed by atoms with Crippen molar-refractivity contribution in [2.45, 2.75) is 51.2 Å². The third-order valence-corrected chi connectivity index (χ3v) is 7.37. The average Bonchev–Trinajstić information content (AvgIpc) is 3.47. The van der Waals surface area contributed by atoms with Crippen molar-refractivity contribution in [3.05, 3.63) is 53.2 Å². The molecule has 2 atom stereocenters. The summed E-state index contributed by atoms with van der Waals surface area (Å²) in [6, 6.07) is 12.3. The Morgan fingerprint density at radius 1 is 1.06 bits per heavy atom. The molecule has 0 bridgehead atoms. The molecule has 1 amide bonds. The van der Waals surface area contributed by atoms with Crippen LogP contribution in [0.5, 0.6) is 0 Å². The number of pyridine rings is 1. The fourth-order valence-corrected chi connectivity index (χ4v) is 5.53. The summed E-state index contributed by atoms with van der Waals surface area (Å²) in [5, 5.41) is 2.64. The average molecular weight is 420 g/mol. The highest BCUT2D eigenvalue weighted by Gasteiger charge is 2.33. The zero-order chi connectivity index (χ0) is 21.4. The van der Waals surface area contributed by atoms with Crippen LogP contribution < -0.4 is 15.1 Å². The van der Waals surface area contributed by atoms with Crippen molar-refractivity contribution in [1.82, 2.24) is 15.2 Å². The lowest BCUT2D eigenvalue weighted by Crippen LogP contribution is -2.39. The van der Waals surface area contributed by atoms with Crippen LogP contribution in [0.15, 0.2) is 36.5 Å². The second-order valence-electron chi connectivity index (χ2n) is 9.23. The molecule has 0 saturated carbocycles. The van der Waals surface area contributed by atoms with E-state index in [0.29, 0.717) is 11.6 Å². The first kappa shape index (κ1) is 20.3.